The molecule has 0 saturated heterocycles. The number of benzene rings is 2. The van der Waals surface area contributed by atoms with Gasteiger partial charge >= 0.3 is 0 Å². The maximum absolute atomic E-state index is 6.02. The molecule has 0 spiro atoms. The molecule has 1 aromatic heterocycles. The molecule has 0 unspecified atom stereocenters. The second-order valence-corrected chi connectivity index (χ2v) is 4.82. The van der Waals surface area contributed by atoms with E-state index in [2.05, 4.69) is 0 Å². The Morgan fingerprint density at radius 1 is 0.381 bits per heavy atom. The van der Waals surface area contributed by atoms with Crippen molar-refractivity contribution in [3.63, 3.8) is 0 Å². The maximum Gasteiger partial charge on any atom is 0.162 e. The third-order valence-electron chi connectivity index (χ3n) is 3.68. The largest absolute Gasteiger partial charge is 0.451 e. The third kappa shape index (κ3) is 1.29. The van der Waals surface area contributed by atoms with E-state index in [-0.39, 0.29) is 56.7 Å². The number of fused-ring (bicyclic) bond motifs is 3. The van der Waals surface area contributed by atoms with Crippen LogP contribution in [0.15, 0.2) is 4.42 Å². The zero-order chi connectivity index (χ0) is 15.6. The zero-order valence-electron chi connectivity index (χ0n) is 11.0. The normalized spacial score (nSPS) is 11.4. The van der Waals surface area contributed by atoms with Crippen LogP contribution in [0.4, 0.5) is 45.5 Å². The molecule has 9 nitrogen and oxygen atoms in total. The van der Waals surface area contributed by atoms with Crippen molar-refractivity contribution in [2.24, 2.45) is 0 Å². The highest BCUT2D eigenvalue weighted by molar-refractivity contribution is 6.27. The Bertz CT molecular complexity index is 853. The van der Waals surface area contributed by atoms with E-state index in [9.17, 15) is 0 Å². The van der Waals surface area contributed by atoms with Crippen LogP contribution in [-0.2, 0) is 0 Å². The van der Waals surface area contributed by atoms with Crippen molar-refractivity contribution in [1.82, 2.24) is 0 Å². The van der Waals surface area contributed by atoms with Gasteiger partial charge in [0.2, 0.25) is 0 Å². The van der Waals surface area contributed by atoms with Crippen molar-refractivity contribution in [3.8, 4) is 0 Å². The van der Waals surface area contributed by atoms with Gasteiger partial charge in [-0.15, -0.1) is 0 Å². The molecule has 0 atom stereocenters. The van der Waals surface area contributed by atoms with Crippen LogP contribution in [0.5, 0.6) is 0 Å². The molecule has 2 aromatic carbocycles. The molecule has 0 amide bonds. The molecule has 3 rings (SSSR count). The highest BCUT2D eigenvalue weighted by Crippen LogP contribution is 2.49. The number of anilines is 8. The molecule has 1 heterocycles. The van der Waals surface area contributed by atoms with E-state index in [0.29, 0.717) is 10.8 Å². The third-order valence-corrected chi connectivity index (χ3v) is 3.68. The second-order valence-electron chi connectivity index (χ2n) is 4.82. The molecular weight excluding hydrogens is 272 g/mol. The quantitative estimate of drug-likeness (QED) is 0.265. The molecule has 0 radical (unpaired) electrons. The summed E-state index contributed by atoms with van der Waals surface area (Å²) in [6, 6.07) is 0. The Kier molecular flexibility index (Phi) is 2.17. The average molecular weight is 288 g/mol. The first-order valence-electron chi connectivity index (χ1n) is 5.97. The summed E-state index contributed by atoms with van der Waals surface area (Å²) < 4.78 is 5.67. The minimum atomic E-state index is 0.136. The van der Waals surface area contributed by atoms with Crippen molar-refractivity contribution >= 4 is 67.4 Å². The van der Waals surface area contributed by atoms with Crippen molar-refractivity contribution in [2.75, 3.05) is 45.9 Å². The van der Waals surface area contributed by atoms with Gasteiger partial charge in [0.25, 0.3) is 0 Å². The maximum atomic E-state index is 6.02. The first kappa shape index (κ1) is 12.7. The second kappa shape index (κ2) is 3.60. The summed E-state index contributed by atoms with van der Waals surface area (Å²) in [4.78, 5) is 0. The lowest BCUT2D eigenvalue weighted by Gasteiger charge is -2.10. The molecule has 0 bridgehead atoms. The van der Waals surface area contributed by atoms with Crippen molar-refractivity contribution in [2.45, 2.75) is 0 Å². The highest BCUT2D eigenvalue weighted by Gasteiger charge is 2.24. The molecule has 110 valence electrons. The summed E-state index contributed by atoms with van der Waals surface area (Å²) in [7, 11) is 0. The highest BCUT2D eigenvalue weighted by atomic mass is 16.3. The van der Waals surface area contributed by atoms with Crippen LogP contribution in [0.1, 0.15) is 0 Å². The van der Waals surface area contributed by atoms with Gasteiger partial charge in [-0.05, 0) is 0 Å². The monoisotopic (exact) mass is 288 g/mol. The molecule has 0 aliphatic rings. The number of nitrogen functional groups attached to an aromatic ring is 8. The number of rotatable bonds is 0. The summed E-state index contributed by atoms with van der Waals surface area (Å²) >= 11 is 0. The van der Waals surface area contributed by atoms with Crippen molar-refractivity contribution in [1.29, 1.82) is 0 Å². The Morgan fingerprint density at radius 2 is 0.667 bits per heavy atom. The van der Waals surface area contributed by atoms with Crippen molar-refractivity contribution < 1.29 is 4.42 Å². The van der Waals surface area contributed by atoms with E-state index in [1.54, 1.807) is 0 Å². The lowest BCUT2D eigenvalue weighted by molar-refractivity contribution is 0.672. The molecule has 16 N–H and O–H groups in total. The SMILES string of the molecule is Nc1c(N)c(N)c2c(oc3c(N)c(N)c(N)c(N)c32)c1N. The lowest BCUT2D eigenvalue weighted by atomic mass is 10.0. The minimum Gasteiger partial charge on any atom is -0.451 e. The average Bonchev–Trinajstić information content (AvgIpc) is 2.87. The molecule has 0 fully saturated rings. The fraction of sp³-hybridized carbons (Fsp3) is 0. The summed E-state index contributed by atoms with van der Waals surface area (Å²) in [5.41, 5.74) is 49.0. The summed E-state index contributed by atoms with van der Waals surface area (Å²) in [6.07, 6.45) is 0. The number of hydrogen-bond acceptors (Lipinski definition) is 9. The zero-order valence-corrected chi connectivity index (χ0v) is 11.0. The van der Waals surface area contributed by atoms with E-state index in [1.165, 1.54) is 0 Å². The van der Waals surface area contributed by atoms with E-state index < -0.39 is 0 Å². The van der Waals surface area contributed by atoms with Crippen LogP contribution < -0.4 is 45.9 Å². The summed E-state index contributed by atoms with van der Waals surface area (Å²) in [6.45, 7) is 0. The van der Waals surface area contributed by atoms with Gasteiger partial charge in [0.05, 0.1) is 44.9 Å². The van der Waals surface area contributed by atoms with Crippen LogP contribution in [0, 0.1) is 0 Å². The lowest BCUT2D eigenvalue weighted by Crippen LogP contribution is -2.06. The molecule has 21 heavy (non-hydrogen) atoms. The molecule has 0 aliphatic carbocycles. The molecular formula is C12H16N8O. The topological polar surface area (TPSA) is 221 Å². The number of nitrogens with two attached hydrogens (primary N) is 8. The van der Waals surface area contributed by atoms with Crippen molar-refractivity contribution in [3.05, 3.63) is 0 Å². The molecule has 9 heteroatoms. The van der Waals surface area contributed by atoms with Gasteiger partial charge in [-0.25, -0.2) is 0 Å². The van der Waals surface area contributed by atoms with Crippen LogP contribution in [0.3, 0.4) is 0 Å². The fourth-order valence-electron chi connectivity index (χ4n) is 2.42. The van der Waals surface area contributed by atoms with Crippen LogP contribution in [0.2, 0.25) is 0 Å². The number of hydrogen-bond donors (Lipinski definition) is 8. The molecule has 0 saturated carbocycles. The van der Waals surface area contributed by atoms with Gasteiger partial charge in [0, 0.05) is 0 Å². The van der Waals surface area contributed by atoms with Crippen LogP contribution >= 0.6 is 0 Å². The predicted octanol–water partition coefficient (Wildman–Crippen LogP) is 0.244. The summed E-state index contributed by atoms with van der Waals surface area (Å²) in [5.74, 6) is 0. The van der Waals surface area contributed by atoms with E-state index in [1.807, 2.05) is 0 Å². The Morgan fingerprint density at radius 3 is 1.00 bits per heavy atom. The standard InChI is InChI=1S/C12H16N8O/c13-3-1-2-4(14)6(16)8(18)10(20)12(2)21-11(1)9(19)7(17)5(3)15/h13-20H2. The smallest absolute Gasteiger partial charge is 0.162 e. The van der Waals surface area contributed by atoms with E-state index in [4.69, 9.17) is 50.3 Å². The number of furan rings is 1. The molecule has 0 aliphatic heterocycles. The van der Waals surface area contributed by atoms with Gasteiger partial charge < -0.3 is 50.3 Å². The van der Waals surface area contributed by atoms with Crippen LogP contribution in [-0.4, -0.2) is 0 Å². The Hall–Kier alpha value is -3.36. The van der Waals surface area contributed by atoms with Crippen LogP contribution in [0.25, 0.3) is 21.9 Å². The van der Waals surface area contributed by atoms with Gasteiger partial charge in [-0.3, -0.25) is 0 Å². The van der Waals surface area contributed by atoms with Gasteiger partial charge in [-0.2, -0.15) is 0 Å². The fourth-order valence-corrected chi connectivity index (χ4v) is 2.42. The van der Waals surface area contributed by atoms with Gasteiger partial charge in [0.1, 0.15) is 11.4 Å². The Balaban J connectivity index is 2.73. The van der Waals surface area contributed by atoms with Gasteiger partial charge in [0.15, 0.2) is 11.2 Å². The van der Waals surface area contributed by atoms with E-state index in [0.717, 1.165) is 0 Å². The minimum absolute atomic E-state index is 0.136. The predicted molar refractivity (Wildman–Crippen MR) is 89.0 cm³/mol. The first-order valence-corrected chi connectivity index (χ1v) is 5.97. The molecule has 3 aromatic rings. The summed E-state index contributed by atoms with van der Waals surface area (Å²) in [5, 5.41) is 0.843. The van der Waals surface area contributed by atoms with E-state index >= 15 is 0 Å². The Labute approximate surface area is 118 Å². The first-order chi connectivity index (χ1) is 9.77. The van der Waals surface area contributed by atoms with Gasteiger partial charge in [-0.1, -0.05) is 0 Å².